The highest BCUT2D eigenvalue weighted by Crippen LogP contribution is 2.35. The van der Waals surface area contributed by atoms with E-state index in [0.717, 1.165) is 33.7 Å². The van der Waals surface area contributed by atoms with Crippen LogP contribution in [0.2, 0.25) is 0 Å². The van der Waals surface area contributed by atoms with Crippen molar-refractivity contribution in [3.05, 3.63) is 36.8 Å². The van der Waals surface area contributed by atoms with Crippen LogP contribution in [0.25, 0.3) is 0 Å². The van der Waals surface area contributed by atoms with Crippen LogP contribution >= 0.6 is 38.6 Å². The molecular weight excluding hydrogens is 358 g/mol. The molecule has 0 fully saturated rings. The van der Waals surface area contributed by atoms with Crippen LogP contribution in [0.5, 0.6) is 0 Å². The number of carbonyl (C=O) groups is 1. The second-order valence-electron chi connectivity index (χ2n) is 4.34. The summed E-state index contributed by atoms with van der Waals surface area (Å²) in [5.74, 6) is -0.171. The number of rotatable bonds is 2. The molecular formula is C13H10BrN3OS2. The molecule has 0 radical (unpaired) electrons. The summed E-state index contributed by atoms with van der Waals surface area (Å²) in [4.78, 5) is 13.3. The number of amides is 1. The molecule has 0 saturated heterocycles. The maximum Gasteiger partial charge on any atom is 0.257 e. The fourth-order valence-electron chi connectivity index (χ4n) is 2.15. The van der Waals surface area contributed by atoms with Gasteiger partial charge in [-0.2, -0.15) is 5.26 Å². The van der Waals surface area contributed by atoms with E-state index >= 15 is 0 Å². The Bertz CT molecular complexity index is 714. The highest BCUT2D eigenvalue weighted by atomic mass is 79.9. The predicted molar refractivity (Wildman–Crippen MR) is 84.4 cm³/mol. The SMILES string of the molecule is N#Cc1c(NC(=O)c2csc(Br)c2)sc2c1CCNC2. The molecule has 0 unspecified atom stereocenters. The Morgan fingerprint density at radius 3 is 3.10 bits per heavy atom. The predicted octanol–water partition coefficient (Wildman–Crippen LogP) is 3.34. The largest absolute Gasteiger partial charge is 0.312 e. The average Bonchev–Trinajstić information content (AvgIpc) is 3.01. The van der Waals surface area contributed by atoms with Crippen molar-refractivity contribution in [1.82, 2.24) is 5.32 Å². The average molecular weight is 368 g/mol. The van der Waals surface area contributed by atoms with Crippen molar-refractivity contribution < 1.29 is 4.79 Å². The van der Waals surface area contributed by atoms with Gasteiger partial charge in [-0.25, -0.2) is 0 Å². The van der Waals surface area contributed by atoms with Crippen LogP contribution in [0.1, 0.15) is 26.4 Å². The Labute approximate surface area is 132 Å². The molecule has 3 heterocycles. The molecule has 2 aromatic heterocycles. The monoisotopic (exact) mass is 367 g/mol. The van der Waals surface area contributed by atoms with Crippen molar-refractivity contribution in [1.29, 1.82) is 5.26 Å². The molecule has 1 amide bonds. The van der Waals surface area contributed by atoms with Gasteiger partial charge >= 0.3 is 0 Å². The van der Waals surface area contributed by atoms with Crippen LogP contribution in [-0.2, 0) is 13.0 Å². The molecule has 3 rings (SSSR count). The fourth-order valence-corrected chi connectivity index (χ4v) is 4.44. The topological polar surface area (TPSA) is 64.9 Å². The highest BCUT2D eigenvalue weighted by molar-refractivity contribution is 9.11. The molecule has 1 aliphatic rings. The first-order valence-corrected chi connectivity index (χ1v) is 8.48. The summed E-state index contributed by atoms with van der Waals surface area (Å²) < 4.78 is 0.915. The number of nitrogens with one attached hydrogen (secondary N) is 2. The number of carbonyl (C=O) groups excluding carboxylic acids is 1. The summed E-state index contributed by atoms with van der Waals surface area (Å²) in [7, 11) is 0. The normalized spacial score (nSPS) is 13.6. The van der Waals surface area contributed by atoms with Gasteiger partial charge in [0, 0.05) is 16.8 Å². The second kappa shape index (κ2) is 5.66. The Hall–Kier alpha value is -1.20. The molecule has 0 aromatic carbocycles. The lowest BCUT2D eigenvalue weighted by Gasteiger charge is -2.11. The zero-order valence-electron chi connectivity index (χ0n) is 10.3. The van der Waals surface area contributed by atoms with Crippen molar-refractivity contribution in [2.45, 2.75) is 13.0 Å². The van der Waals surface area contributed by atoms with Gasteiger partial charge in [0.05, 0.1) is 14.9 Å². The summed E-state index contributed by atoms with van der Waals surface area (Å²) in [5.41, 5.74) is 2.31. The van der Waals surface area contributed by atoms with Crippen molar-refractivity contribution in [2.75, 3.05) is 11.9 Å². The van der Waals surface area contributed by atoms with Gasteiger partial charge in [0.2, 0.25) is 0 Å². The summed E-state index contributed by atoms with van der Waals surface area (Å²) in [6, 6.07) is 4.01. The molecule has 0 aliphatic carbocycles. The minimum Gasteiger partial charge on any atom is -0.312 e. The van der Waals surface area contributed by atoms with Crippen molar-refractivity contribution >= 4 is 49.5 Å². The molecule has 2 aromatic rings. The molecule has 4 nitrogen and oxygen atoms in total. The van der Waals surface area contributed by atoms with E-state index in [0.29, 0.717) is 16.1 Å². The Kier molecular flexibility index (Phi) is 3.89. The molecule has 0 bridgehead atoms. The zero-order chi connectivity index (χ0) is 14.1. The van der Waals surface area contributed by atoms with Crippen LogP contribution in [0.15, 0.2) is 15.2 Å². The van der Waals surface area contributed by atoms with Gasteiger partial charge in [-0.05, 0) is 40.5 Å². The number of hydrogen-bond acceptors (Lipinski definition) is 5. The minimum absolute atomic E-state index is 0.171. The maximum absolute atomic E-state index is 12.2. The van der Waals surface area contributed by atoms with Crippen molar-refractivity contribution in [2.24, 2.45) is 0 Å². The number of hydrogen-bond donors (Lipinski definition) is 2. The van der Waals surface area contributed by atoms with E-state index in [-0.39, 0.29) is 5.91 Å². The quantitative estimate of drug-likeness (QED) is 0.855. The molecule has 7 heteroatoms. The third-order valence-electron chi connectivity index (χ3n) is 3.10. The summed E-state index contributed by atoms with van der Waals surface area (Å²) in [5, 5.41) is 17.9. The lowest BCUT2D eigenvalue weighted by atomic mass is 10.1. The van der Waals surface area contributed by atoms with Crippen LogP contribution < -0.4 is 10.6 Å². The van der Waals surface area contributed by atoms with E-state index in [1.807, 2.05) is 0 Å². The van der Waals surface area contributed by atoms with Crippen LogP contribution in [0.3, 0.4) is 0 Å². The minimum atomic E-state index is -0.171. The van der Waals surface area contributed by atoms with Crippen LogP contribution in [0.4, 0.5) is 5.00 Å². The summed E-state index contributed by atoms with van der Waals surface area (Å²) in [6.45, 7) is 1.65. The number of anilines is 1. The van der Waals surface area contributed by atoms with E-state index in [2.05, 4.69) is 32.6 Å². The van der Waals surface area contributed by atoms with Gasteiger partial charge in [-0.3, -0.25) is 4.79 Å². The molecule has 0 atom stereocenters. The highest BCUT2D eigenvalue weighted by Gasteiger charge is 2.22. The van der Waals surface area contributed by atoms with Crippen LogP contribution in [0, 0.1) is 11.3 Å². The summed E-state index contributed by atoms with van der Waals surface area (Å²) in [6.07, 6.45) is 0.842. The van der Waals surface area contributed by atoms with E-state index in [4.69, 9.17) is 0 Å². The Morgan fingerprint density at radius 2 is 2.40 bits per heavy atom. The van der Waals surface area contributed by atoms with Gasteiger partial charge in [0.1, 0.15) is 11.1 Å². The zero-order valence-corrected chi connectivity index (χ0v) is 13.5. The number of fused-ring (bicyclic) bond motifs is 1. The van der Waals surface area contributed by atoms with E-state index in [1.54, 1.807) is 11.4 Å². The van der Waals surface area contributed by atoms with Crippen molar-refractivity contribution in [3.63, 3.8) is 0 Å². The standard InChI is InChI=1S/C13H10BrN3OS2/c14-11-3-7(6-19-11)12(18)17-13-9(4-15)8-1-2-16-5-10(8)20-13/h3,6,16H,1-2,5H2,(H,17,18). The van der Waals surface area contributed by atoms with Gasteiger partial charge in [-0.1, -0.05) is 0 Å². The lowest BCUT2D eigenvalue weighted by molar-refractivity contribution is 0.102. The molecule has 0 saturated carbocycles. The van der Waals surface area contributed by atoms with Gasteiger partial charge in [0.15, 0.2) is 0 Å². The van der Waals surface area contributed by atoms with Gasteiger partial charge in [0.25, 0.3) is 5.91 Å². The molecule has 0 spiro atoms. The lowest BCUT2D eigenvalue weighted by Crippen LogP contribution is -2.22. The van der Waals surface area contributed by atoms with Gasteiger partial charge in [-0.15, -0.1) is 22.7 Å². The number of nitrogens with zero attached hydrogens (tertiary/aromatic N) is 1. The van der Waals surface area contributed by atoms with E-state index in [9.17, 15) is 10.1 Å². The first kappa shape index (κ1) is 13.8. The molecule has 102 valence electrons. The maximum atomic E-state index is 12.2. The number of halogens is 1. The molecule has 2 N–H and O–H groups in total. The smallest absolute Gasteiger partial charge is 0.257 e. The fraction of sp³-hybridized carbons (Fsp3) is 0.231. The summed E-state index contributed by atoms with van der Waals surface area (Å²) >= 11 is 6.30. The molecule has 20 heavy (non-hydrogen) atoms. The molecule has 1 aliphatic heterocycles. The third-order valence-corrected chi connectivity index (χ3v) is 5.75. The van der Waals surface area contributed by atoms with Crippen molar-refractivity contribution in [3.8, 4) is 6.07 Å². The number of nitriles is 1. The first-order valence-electron chi connectivity index (χ1n) is 6.00. The van der Waals surface area contributed by atoms with E-state index in [1.165, 1.54) is 22.7 Å². The second-order valence-corrected chi connectivity index (χ2v) is 7.74. The Balaban J connectivity index is 1.89. The van der Waals surface area contributed by atoms with E-state index < -0.39 is 0 Å². The van der Waals surface area contributed by atoms with Crippen LogP contribution in [-0.4, -0.2) is 12.5 Å². The third kappa shape index (κ3) is 2.52. The number of thiophene rings is 2. The van der Waals surface area contributed by atoms with Gasteiger partial charge < -0.3 is 10.6 Å². The first-order chi connectivity index (χ1) is 9.69. The Morgan fingerprint density at radius 1 is 1.55 bits per heavy atom.